The Hall–Kier alpha value is -2.93. The van der Waals surface area contributed by atoms with E-state index in [1.807, 2.05) is 19.1 Å². The maximum Gasteiger partial charge on any atom is 0.340 e. The summed E-state index contributed by atoms with van der Waals surface area (Å²) in [6, 6.07) is 6.79. The van der Waals surface area contributed by atoms with E-state index in [2.05, 4.69) is 10.3 Å². The fourth-order valence-corrected chi connectivity index (χ4v) is 2.90. The predicted octanol–water partition coefficient (Wildman–Crippen LogP) is 2.55. The molecule has 2 rings (SSSR count). The molecule has 150 valence electrons. The average molecular weight is 386 g/mol. The van der Waals surface area contributed by atoms with E-state index in [-0.39, 0.29) is 24.5 Å². The van der Waals surface area contributed by atoms with Gasteiger partial charge in [0, 0.05) is 11.3 Å². The smallest absolute Gasteiger partial charge is 0.340 e. The number of carbonyl (C=O) groups excluding carboxylic acids is 3. The van der Waals surface area contributed by atoms with Crippen LogP contribution >= 0.6 is 0 Å². The van der Waals surface area contributed by atoms with Gasteiger partial charge in [-0.1, -0.05) is 36.8 Å². The molecule has 0 aliphatic rings. The second-order valence-electron chi connectivity index (χ2n) is 6.55. The van der Waals surface area contributed by atoms with Crippen LogP contribution in [0.1, 0.15) is 52.4 Å². The molecule has 0 radical (unpaired) electrons. The first-order valence-electron chi connectivity index (χ1n) is 9.26. The molecule has 0 bridgehead atoms. The Labute approximate surface area is 164 Å². The van der Waals surface area contributed by atoms with Crippen LogP contribution in [-0.4, -0.2) is 47.0 Å². The highest BCUT2D eigenvalue weighted by molar-refractivity contribution is 6.44. The van der Waals surface area contributed by atoms with E-state index in [4.69, 9.17) is 4.74 Å². The third kappa shape index (κ3) is 4.48. The van der Waals surface area contributed by atoms with Crippen molar-refractivity contribution in [3.05, 3.63) is 46.8 Å². The van der Waals surface area contributed by atoms with E-state index in [0.717, 1.165) is 5.56 Å². The molecule has 0 fully saturated rings. The number of Topliss-reactive ketones (excluding diaryl/α,β-unsaturated/α-hetero) is 1. The molecule has 2 aromatic rings. The maximum atomic E-state index is 12.8. The molecule has 1 heterocycles. The standard InChI is InChI=1S/C21H26N2O5/c1-5-15(11-24)23-20(26)19(25)18-17(14-9-7-12(3)8-10-14)16(13(4)22-18)21(27)28-6-2/h7-10,15,22,24H,5-6,11H2,1-4H3,(H,23,26)/t15-/m0/s1. The molecule has 0 saturated heterocycles. The first-order valence-corrected chi connectivity index (χ1v) is 9.26. The van der Waals surface area contributed by atoms with Crippen molar-refractivity contribution in [3.8, 4) is 11.1 Å². The normalized spacial score (nSPS) is 11.8. The number of ketones is 1. The Morgan fingerprint density at radius 3 is 2.32 bits per heavy atom. The topological polar surface area (TPSA) is 108 Å². The van der Waals surface area contributed by atoms with Gasteiger partial charge in [-0.2, -0.15) is 0 Å². The molecule has 7 nitrogen and oxygen atoms in total. The summed E-state index contributed by atoms with van der Waals surface area (Å²) in [7, 11) is 0. The number of aryl methyl sites for hydroxylation is 2. The molecule has 1 atom stereocenters. The minimum Gasteiger partial charge on any atom is -0.462 e. The quantitative estimate of drug-likeness (QED) is 0.367. The fourth-order valence-electron chi connectivity index (χ4n) is 2.90. The molecule has 0 unspecified atom stereocenters. The van der Waals surface area contributed by atoms with E-state index in [1.54, 1.807) is 32.9 Å². The Kier molecular flexibility index (Phi) is 7.12. The van der Waals surface area contributed by atoms with Gasteiger partial charge in [0.25, 0.3) is 11.7 Å². The van der Waals surface area contributed by atoms with E-state index < -0.39 is 23.7 Å². The number of hydrogen-bond acceptors (Lipinski definition) is 5. The second kappa shape index (κ2) is 9.32. The minimum absolute atomic E-state index is 0.0229. The number of H-pyrrole nitrogens is 1. The molecule has 0 aliphatic heterocycles. The Morgan fingerprint density at radius 1 is 1.14 bits per heavy atom. The lowest BCUT2D eigenvalue weighted by Crippen LogP contribution is -2.41. The van der Waals surface area contributed by atoms with Crippen LogP contribution in [0.5, 0.6) is 0 Å². The number of aromatic amines is 1. The van der Waals surface area contributed by atoms with E-state index in [9.17, 15) is 19.5 Å². The van der Waals surface area contributed by atoms with Crippen LogP contribution in [0.2, 0.25) is 0 Å². The molecule has 0 aliphatic carbocycles. The number of nitrogens with one attached hydrogen (secondary N) is 2. The molecule has 28 heavy (non-hydrogen) atoms. The summed E-state index contributed by atoms with van der Waals surface area (Å²) in [5.74, 6) is -2.21. The number of esters is 1. The number of carbonyl (C=O) groups is 3. The Morgan fingerprint density at radius 2 is 1.79 bits per heavy atom. The molecule has 1 amide bonds. The van der Waals surface area contributed by atoms with Gasteiger partial charge < -0.3 is 20.1 Å². The summed E-state index contributed by atoms with van der Waals surface area (Å²) in [6.45, 7) is 7.00. The van der Waals surface area contributed by atoms with Crippen LogP contribution in [0.3, 0.4) is 0 Å². The predicted molar refractivity (Wildman–Crippen MR) is 105 cm³/mol. The van der Waals surface area contributed by atoms with Gasteiger partial charge >= 0.3 is 5.97 Å². The zero-order chi connectivity index (χ0) is 20.8. The lowest BCUT2D eigenvalue weighted by molar-refractivity contribution is -0.118. The lowest BCUT2D eigenvalue weighted by atomic mass is 9.97. The molecule has 1 aromatic heterocycles. The highest BCUT2D eigenvalue weighted by atomic mass is 16.5. The van der Waals surface area contributed by atoms with Crippen LogP contribution < -0.4 is 5.32 Å². The number of aliphatic hydroxyl groups is 1. The number of aliphatic hydroxyl groups excluding tert-OH is 1. The highest BCUT2D eigenvalue weighted by Gasteiger charge is 2.30. The van der Waals surface area contributed by atoms with Gasteiger partial charge in [0.05, 0.1) is 24.8 Å². The third-order valence-electron chi connectivity index (χ3n) is 4.49. The van der Waals surface area contributed by atoms with Crippen molar-refractivity contribution >= 4 is 17.7 Å². The van der Waals surface area contributed by atoms with E-state index in [0.29, 0.717) is 23.2 Å². The number of ether oxygens (including phenoxy) is 1. The SMILES string of the molecule is CCOC(=O)c1c(C)[nH]c(C(=O)C(=O)N[C@@H](CC)CO)c1-c1ccc(C)cc1. The van der Waals surface area contributed by atoms with Crippen molar-refractivity contribution < 1.29 is 24.2 Å². The molecular weight excluding hydrogens is 360 g/mol. The highest BCUT2D eigenvalue weighted by Crippen LogP contribution is 2.31. The first kappa shape index (κ1) is 21.4. The van der Waals surface area contributed by atoms with Crippen LogP contribution in [-0.2, 0) is 9.53 Å². The number of hydrogen-bond donors (Lipinski definition) is 3. The van der Waals surface area contributed by atoms with Crippen LogP contribution in [0.15, 0.2) is 24.3 Å². The van der Waals surface area contributed by atoms with Gasteiger partial charge in [-0.3, -0.25) is 9.59 Å². The van der Waals surface area contributed by atoms with E-state index in [1.165, 1.54) is 0 Å². The zero-order valence-corrected chi connectivity index (χ0v) is 16.6. The van der Waals surface area contributed by atoms with Crippen LogP contribution in [0.25, 0.3) is 11.1 Å². The molecule has 0 saturated carbocycles. The molecular formula is C21H26N2O5. The molecule has 7 heteroatoms. The van der Waals surface area contributed by atoms with Crippen molar-refractivity contribution in [2.24, 2.45) is 0 Å². The number of rotatable bonds is 8. The molecule has 3 N–H and O–H groups in total. The van der Waals surface area contributed by atoms with Crippen molar-refractivity contribution in [2.45, 2.75) is 40.2 Å². The van der Waals surface area contributed by atoms with Gasteiger partial charge in [0.2, 0.25) is 0 Å². The molecule has 0 spiro atoms. The third-order valence-corrected chi connectivity index (χ3v) is 4.49. The maximum absolute atomic E-state index is 12.8. The van der Waals surface area contributed by atoms with Gasteiger partial charge in [0.1, 0.15) is 5.69 Å². The lowest BCUT2D eigenvalue weighted by Gasteiger charge is -2.13. The van der Waals surface area contributed by atoms with Gasteiger partial charge in [-0.15, -0.1) is 0 Å². The molecule has 1 aromatic carbocycles. The number of benzene rings is 1. The minimum atomic E-state index is -0.842. The summed E-state index contributed by atoms with van der Waals surface area (Å²) in [5.41, 5.74) is 2.69. The van der Waals surface area contributed by atoms with Gasteiger partial charge in [-0.25, -0.2) is 4.79 Å². The van der Waals surface area contributed by atoms with Crippen LogP contribution in [0.4, 0.5) is 0 Å². The van der Waals surface area contributed by atoms with Gasteiger partial charge in [0.15, 0.2) is 0 Å². The second-order valence-corrected chi connectivity index (χ2v) is 6.55. The van der Waals surface area contributed by atoms with Crippen molar-refractivity contribution in [1.29, 1.82) is 0 Å². The fraction of sp³-hybridized carbons (Fsp3) is 0.381. The van der Waals surface area contributed by atoms with Crippen LogP contribution in [0, 0.1) is 13.8 Å². The van der Waals surface area contributed by atoms with Crippen molar-refractivity contribution in [3.63, 3.8) is 0 Å². The van der Waals surface area contributed by atoms with Crippen molar-refractivity contribution in [1.82, 2.24) is 10.3 Å². The zero-order valence-electron chi connectivity index (χ0n) is 16.6. The number of aromatic nitrogens is 1. The summed E-state index contributed by atoms with van der Waals surface area (Å²) in [5, 5.41) is 11.8. The van der Waals surface area contributed by atoms with Crippen molar-refractivity contribution in [2.75, 3.05) is 13.2 Å². The van der Waals surface area contributed by atoms with E-state index >= 15 is 0 Å². The Bertz CT molecular complexity index is 864. The largest absolute Gasteiger partial charge is 0.462 e. The summed E-state index contributed by atoms with van der Waals surface area (Å²) in [4.78, 5) is 40.7. The first-order chi connectivity index (χ1) is 13.3. The van der Waals surface area contributed by atoms with Gasteiger partial charge in [-0.05, 0) is 32.8 Å². The summed E-state index contributed by atoms with van der Waals surface area (Å²) < 4.78 is 5.14. The summed E-state index contributed by atoms with van der Waals surface area (Å²) in [6.07, 6.45) is 0.484. The average Bonchev–Trinajstić information content (AvgIpc) is 3.03. The Balaban J connectivity index is 2.56. The number of amides is 1. The summed E-state index contributed by atoms with van der Waals surface area (Å²) >= 11 is 0. The monoisotopic (exact) mass is 386 g/mol.